The molecule has 23 heavy (non-hydrogen) atoms. The summed E-state index contributed by atoms with van der Waals surface area (Å²) in [6.07, 6.45) is 0.0638. The molecule has 0 fully saturated rings. The molecule has 0 saturated carbocycles. The molecule has 2 amide bonds. The maximum atomic E-state index is 12.4. The van der Waals surface area contributed by atoms with Crippen molar-refractivity contribution in [2.45, 2.75) is 13.3 Å². The Morgan fingerprint density at radius 3 is 2.83 bits per heavy atom. The lowest BCUT2D eigenvalue weighted by Crippen LogP contribution is -2.14. The average molecular weight is 364 g/mol. The Labute approximate surface area is 144 Å². The van der Waals surface area contributed by atoms with E-state index in [1.807, 2.05) is 23.8 Å². The van der Waals surface area contributed by atoms with Crippen molar-refractivity contribution in [3.05, 3.63) is 38.5 Å². The number of nitrogens with two attached hydrogens (primary N) is 1. The van der Waals surface area contributed by atoms with Crippen molar-refractivity contribution in [2.24, 2.45) is 5.73 Å². The van der Waals surface area contributed by atoms with E-state index in [0.29, 0.717) is 21.4 Å². The highest BCUT2D eigenvalue weighted by Gasteiger charge is 2.18. The second kappa shape index (κ2) is 6.57. The number of thiophene rings is 1. The van der Waals surface area contributed by atoms with E-state index in [1.165, 1.54) is 22.7 Å². The van der Waals surface area contributed by atoms with Crippen LogP contribution in [-0.2, 0) is 11.2 Å². The minimum atomic E-state index is -0.452. The number of amides is 2. The van der Waals surface area contributed by atoms with E-state index in [0.717, 1.165) is 10.6 Å². The van der Waals surface area contributed by atoms with Crippen molar-refractivity contribution >= 4 is 51.0 Å². The van der Waals surface area contributed by atoms with E-state index >= 15 is 0 Å². The molecule has 3 rings (SSSR count). The number of aryl methyl sites for hydroxylation is 1. The molecule has 6 nitrogen and oxygen atoms in total. The van der Waals surface area contributed by atoms with Crippen molar-refractivity contribution in [3.63, 3.8) is 0 Å². The summed E-state index contributed by atoms with van der Waals surface area (Å²) in [5, 5.41) is 9.68. The van der Waals surface area contributed by atoms with Crippen LogP contribution in [0.1, 0.15) is 21.1 Å². The van der Waals surface area contributed by atoms with Crippen molar-refractivity contribution in [1.82, 2.24) is 9.97 Å². The van der Waals surface area contributed by atoms with Crippen molar-refractivity contribution < 1.29 is 9.59 Å². The molecule has 0 aromatic carbocycles. The maximum Gasteiger partial charge on any atom is 0.269 e. The molecule has 0 aliphatic rings. The molecule has 3 N–H and O–H groups in total. The van der Waals surface area contributed by atoms with Gasteiger partial charge in [-0.2, -0.15) is 11.3 Å². The molecule has 0 radical (unpaired) electrons. The highest BCUT2D eigenvalue weighted by Crippen LogP contribution is 2.30. The number of carbonyl (C=O) groups is 2. The van der Waals surface area contributed by atoms with Crippen LogP contribution in [0.5, 0.6) is 0 Å². The number of nitrogens with one attached hydrogen (secondary N) is 1. The largest absolute Gasteiger partial charge is 0.369 e. The van der Waals surface area contributed by atoms with Gasteiger partial charge < -0.3 is 5.73 Å². The lowest BCUT2D eigenvalue weighted by Gasteiger charge is -1.99. The Bertz CT molecular complexity index is 851. The van der Waals surface area contributed by atoms with Crippen LogP contribution in [0, 0.1) is 6.92 Å². The first-order valence-corrected chi connectivity index (χ1v) is 9.21. The van der Waals surface area contributed by atoms with Gasteiger partial charge in [-0.3, -0.25) is 14.9 Å². The van der Waals surface area contributed by atoms with E-state index < -0.39 is 5.91 Å². The van der Waals surface area contributed by atoms with Gasteiger partial charge in [-0.05, 0) is 18.4 Å². The standard InChI is InChI=1S/C14H12N4O2S3/c1-7-11(23-13(16-7)8-2-3-21-5-8)12(20)18-14-17-9(6-22-14)4-10(15)19/h2-3,5-6H,4H2,1H3,(H2,15,19)(H,17,18,20). The average Bonchev–Trinajstić information content (AvgIpc) is 3.18. The fraction of sp³-hybridized carbons (Fsp3) is 0.143. The SMILES string of the molecule is Cc1nc(-c2ccsc2)sc1C(=O)Nc1nc(CC(N)=O)cs1. The number of aromatic nitrogens is 2. The number of anilines is 1. The molecule has 0 aliphatic heterocycles. The van der Waals surface area contributed by atoms with E-state index in [1.54, 1.807) is 16.7 Å². The van der Waals surface area contributed by atoms with Gasteiger partial charge in [0, 0.05) is 16.3 Å². The number of nitrogens with zero attached hydrogens (tertiary/aromatic N) is 2. The predicted octanol–water partition coefficient (Wildman–Crippen LogP) is 2.92. The predicted molar refractivity (Wildman–Crippen MR) is 93.1 cm³/mol. The van der Waals surface area contributed by atoms with Crippen molar-refractivity contribution in [3.8, 4) is 10.6 Å². The third-order valence-electron chi connectivity index (χ3n) is 2.90. The number of hydrogen-bond donors (Lipinski definition) is 2. The smallest absolute Gasteiger partial charge is 0.269 e. The molecule has 0 aliphatic carbocycles. The van der Waals surface area contributed by atoms with Crippen LogP contribution < -0.4 is 11.1 Å². The third-order valence-corrected chi connectivity index (χ3v) is 5.59. The Morgan fingerprint density at radius 1 is 1.30 bits per heavy atom. The number of carbonyl (C=O) groups excluding carboxylic acids is 2. The molecule has 0 atom stereocenters. The lowest BCUT2D eigenvalue weighted by molar-refractivity contribution is -0.117. The van der Waals surface area contributed by atoms with E-state index in [-0.39, 0.29) is 12.3 Å². The van der Waals surface area contributed by atoms with Crippen LogP contribution in [0.2, 0.25) is 0 Å². The quantitative estimate of drug-likeness (QED) is 0.727. The minimum Gasteiger partial charge on any atom is -0.369 e. The summed E-state index contributed by atoms with van der Waals surface area (Å²) < 4.78 is 0. The van der Waals surface area contributed by atoms with Crippen molar-refractivity contribution in [1.29, 1.82) is 0 Å². The van der Waals surface area contributed by atoms with E-state index in [9.17, 15) is 9.59 Å². The molecule has 118 valence electrons. The van der Waals surface area contributed by atoms with Crippen molar-refractivity contribution in [2.75, 3.05) is 5.32 Å². The van der Waals surface area contributed by atoms with Gasteiger partial charge >= 0.3 is 0 Å². The lowest BCUT2D eigenvalue weighted by atomic mass is 10.3. The normalized spacial score (nSPS) is 10.7. The topological polar surface area (TPSA) is 98.0 Å². The maximum absolute atomic E-state index is 12.4. The first-order chi connectivity index (χ1) is 11.0. The van der Waals surface area contributed by atoms with Gasteiger partial charge in [0.1, 0.15) is 9.88 Å². The number of primary amides is 1. The van der Waals surface area contributed by atoms with Crippen LogP contribution in [0.4, 0.5) is 5.13 Å². The Balaban J connectivity index is 1.76. The summed E-state index contributed by atoms with van der Waals surface area (Å²) in [5.74, 6) is -0.701. The van der Waals surface area contributed by atoms with Gasteiger partial charge in [0.15, 0.2) is 5.13 Å². The zero-order chi connectivity index (χ0) is 16.4. The Hall–Kier alpha value is -2.10. The molecular weight excluding hydrogens is 352 g/mol. The first kappa shape index (κ1) is 15.8. The second-order valence-corrected chi connectivity index (χ2v) is 7.32. The number of thiazole rings is 2. The summed E-state index contributed by atoms with van der Waals surface area (Å²) in [6.45, 7) is 1.81. The number of hydrogen-bond acceptors (Lipinski definition) is 7. The summed E-state index contributed by atoms with van der Waals surface area (Å²) in [4.78, 5) is 32.4. The molecule has 3 aromatic heterocycles. The highest BCUT2D eigenvalue weighted by molar-refractivity contribution is 7.18. The monoisotopic (exact) mass is 364 g/mol. The van der Waals surface area contributed by atoms with Crippen LogP contribution >= 0.6 is 34.0 Å². The van der Waals surface area contributed by atoms with Gasteiger partial charge in [-0.1, -0.05) is 0 Å². The third kappa shape index (κ3) is 3.63. The summed E-state index contributed by atoms with van der Waals surface area (Å²) in [7, 11) is 0. The minimum absolute atomic E-state index is 0.0638. The summed E-state index contributed by atoms with van der Waals surface area (Å²) in [5.41, 5.74) is 7.38. The fourth-order valence-electron chi connectivity index (χ4n) is 1.89. The molecule has 9 heteroatoms. The van der Waals surface area contributed by atoms with E-state index in [4.69, 9.17) is 5.73 Å². The van der Waals surface area contributed by atoms with Crippen LogP contribution in [0.15, 0.2) is 22.2 Å². The zero-order valence-electron chi connectivity index (χ0n) is 12.0. The molecule has 0 bridgehead atoms. The Kier molecular flexibility index (Phi) is 4.51. The van der Waals surface area contributed by atoms with Gasteiger partial charge in [-0.25, -0.2) is 9.97 Å². The van der Waals surface area contributed by atoms with Gasteiger partial charge in [0.25, 0.3) is 5.91 Å². The Morgan fingerprint density at radius 2 is 2.13 bits per heavy atom. The summed E-state index contributed by atoms with van der Waals surface area (Å²) in [6, 6.07) is 1.97. The molecule has 0 unspecified atom stereocenters. The summed E-state index contributed by atoms with van der Waals surface area (Å²) >= 11 is 4.20. The fourth-order valence-corrected chi connectivity index (χ4v) is 4.27. The van der Waals surface area contributed by atoms with Gasteiger partial charge in [0.05, 0.1) is 17.8 Å². The zero-order valence-corrected chi connectivity index (χ0v) is 14.5. The van der Waals surface area contributed by atoms with Crippen LogP contribution in [0.25, 0.3) is 10.6 Å². The second-order valence-electron chi connectivity index (χ2n) is 4.69. The van der Waals surface area contributed by atoms with Crippen LogP contribution in [-0.4, -0.2) is 21.8 Å². The molecule has 0 spiro atoms. The number of rotatable bonds is 5. The molecular formula is C14H12N4O2S3. The molecule has 3 aromatic rings. The van der Waals surface area contributed by atoms with E-state index in [2.05, 4.69) is 15.3 Å². The van der Waals surface area contributed by atoms with Crippen LogP contribution in [0.3, 0.4) is 0 Å². The molecule has 0 saturated heterocycles. The first-order valence-electron chi connectivity index (χ1n) is 6.57. The molecule has 3 heterocycles. The van der Waals surface area contributed by atoms with Gasteiger partial charge in [0.2, 0.25) is 5.91 Å². The highest BCUT2D eigenvalue weighted by atomic mass is 32.1. The van der Waals surface area contributed by atoms with Gasteiger partial charge in [-0.15, -0.1) is 22.7 Å².